The fraction of sp³-hybridized carbons (Fsp3) is 0.450. The maximum atomic E-state index is 14.3. The molecule has 0 aromatic heterocycles. The van der Waals surface area contributed by atoms with E-state index < -0.39 is 57.7 Å². The smallest absolute Gasteiger partial charge is 0.408 e. The number of nitrogens with one attached hydrogen (secondary N) is 3. The number of methoxy groups -OCH3 is 1. The van der Waals surface area contributed by atoms with Crippen LogP contribution in [0.15, 0.2) is 77.3 Å². The molecule has 4 rings (SSSR count). The number of esters is 1. The summed E-state index contributed by atoms with van der Waals surface area (Å²) in [6, 6.07) is 15.8. The summed E-state index contributed by atoms with van der Waals surface area (Å²) in [4.78, 5) is 54.2. The molecule has 3 aromatic rings. The van der Waals surface area contributed by atoms with E-state index in [-0.39, 0.29) is 23.1 Å². The summed E-state index contributed by atoms with van der Waals surface area (Å²) < 4.78 is 45.3. The number of alkyl carbamates (subject to hydrolysis) is 2. The van der Waals surface area contributed by atoms with Crippen LogP contribution in [0.25, 0.3) is 10.8 Å². The first kappa shape index (κ1) is 44.1. The highest BCUT2D eigenvalue weighted by Gasteiger charge is 2.48. The fourth-order valence-corrected chi connectivity index (χ4v) is 6.73. The number of hydrogen-bond acceptors (Lipinski definition) is 10. The molecular formula is C40H55N5O9S. The minimum Gasteiger partial charge on any atom is -0.463 e. The van der Waals surface area contributed by atoms with Gasteiger partial charge in [-0.25, -0.2) is 18.0 Å². The van der Waals surface area contributed by atoms with Crippen LogP contribution in [0.4, 0.5) is 26.7 Å². The van der Waals surface area contributed by atoms with Crippen molar-refractivity contribution in [2.45, 2.75) is 78.3 Å². The van der Waals surface area contributed by atoms with Crippen molar-refractivity contribution in [1.82, 2.24) is 10.6 Å². The quantitative estimate of drug-likeness (QED) is 0.124. The molecule has 0 heterocycles. The summed E-state index contributed by atoms with van der Waals surface area (Å²) in [5.41, 5.74) is 0.317. The van der Waals surface area contributed by atoms with Gasteiger partial charge in [-0.15, -0.1) is 0 Å². The van der Waals surface area contributed by atoms with Crippen LogP contribution in [0.3, 0.4) is 0 Å². The topological polar surface area (TPSA) is 173 Å². The van der Waals surface area contributed by atoms with Crippen LogP contribution in [0.5, 0.6) is 0 Å². The minimum atomic E-state index is -4.04. The first-order valence-corrected chi connectivity index (χ1v) is 19.5. The van der Waals surface area contributed by atoms with E-state index in [9.17, 15) is 27.6 Å². The molecule has 15 heteroatoms. The van der Waals surface area contributed by atoms with E-state index in [0.29, 0.717) is 16.8 Å². The monoisotopic (exact) mass is 781 g/mol. The number of hydrogen-bond donors (Lipinski definition) is 3. The molecule has 0 saturated carbocycles. The molecular weight excluding hydrogens is 727 g/mol. The molecule has 3 N–H and O–H groups in total. The van der Waals surface area contributed by atoms with E-state index in [0.717, 1.165) is 11.1 Å². The lowest BCUT2D eigenvalue weighted by Crippen LogP contribution is -2.52. The first-order chi connectivity index (χ1) is 25.7. The Hall–Kier alpha value is -5.31. The number of ether oxygens (including phenoxy) is 3. The predicted octanol–water partition coefficient (Wildman–Crippen LogP) is 6.81. The van der Waals surface area contributed by atoms with Gasteiger partial charge < -0.3 is 29.7 Å². The van der Waals surface area contributed by atoms with Crippen molar-refractivity contribution in [3.05, 3.63) is 72.4 Å². The Labute approximate surface area is 324 Å². The van der Waals surface area contributed by atoms with Gasteiger partial charge in [0.15, 0.2) is 0 Å². The summed E-state index contributed by atoms with van der Waals surface area (Å²) in [5.74, 6) is -1.57. The molecule has 2 atom stereocenters. The molecule has 1 unspecified atom stereocenters. The van der Waals surface area contributed by atoms with Gasteiger partial charge in [-0.1, -0.05) is 58.4 Å². The van der Waals surface area contributed by atoms with Crippen molar-refractivity contribution in [3.63, 3.8) is 0 Å². The molecule has 300 valence electrons. The zero-order chi connectivity index (χ0) is 41.3. The number of benzene rings is 3. The molecule has 14 nitrogen and oxygen atoms in total. The molecule has 0 aliphatic heterocycles. The number of anilines is 3. The summed E-state index contributed by atoms with van der Waals surface area (Å²) in [6.45, 7) is 14.2. The van der Waals surface area contributed by atoms with E-state index in [1.165, 1.54) is 30.6 Å². The van der Waals surface area contributed by atoms with E-state index >= 15 is 0 Å². The summed E-state index contributed by atoms with van der Waals surface area (Å²) in [6.07, 6.45) is 1.44. The number of carbonyl (C=O) groups excluding carboxylic acids is 4. The predicted molar refractivity (Wildman–Crippen MR) is 215 cm³/mol. The molecule has 0 bridgehead atoms. The molecule has 1 aliphatic carbocycles. The molecule has 55 heavy (non-hydrogen) atoms. The SMILES string of the molecule is CCC.COC(=O)NCC(=O)OCC1(C)C=C1N(C(=O)[C@@H](NC(=O)OC(C)(C)C)C(C)C)c1ccc(NS(=O)(=O)c2cccc3c(N(C)C)cccc23)cc1. The van der Waals surface area contributed by atoms with Crippen LogP contribution >= 0.6 is 0 Å². The second kappa shape index (κ2) is 18.3. The largest absolute Gasteiger partial charge is 0.463 e. The lowest BCUT2D eigenvalue weighted by Gasteiger charge is -2.31. The number of sulfonamides is 1. The highest BCUT2D eigenvalue weighted by molar-refractivity contribution is 7.93. The maximum absolute atomic E-state index is 14.3. The van der Waals surface area contributed by atoms with Gasteiger partial charge in [-0.05, 0) is 76.1 Å². The number of amides is 3. The Kier molecular flexibility index (Phi) is 14.7. The van der Waals surface area contributed by atoms with Gasteiger partial charge in [0.1, 0.15) is 24.8 Å². The van der Waals surface area contributed by atoms with E-state index in [1.807, 2.05) is 31.1 Å². The highest BCUT2D eigenvalue weighted by atomic mass is 32.2. The highest BCUT2D eigenvalue weighted by Crippen LogP contribution is 2.48. The third-order valence-electron chi connectivity index (χ3n) is 8.13. The zero-order valence-corrected chi connectivity index (χ0v) is 34.4. The summed E-state index contributed by atoms with van der Waals surface area (Å²) in [7, 11) is 0.906. The molecule has 0 radical (unpaired) electrons. The summed E-state index contributed by atoms with van der Waals surface area (Å²) >= 11 is 0. The van der Waals surface area contributed by atoms with Crippen LogP contribution < -0.4 is 25.2 Å². The van der Waals surface area contributed by atoms with Crippen molar-refractivity contribution in [1.29, 1.82) is 0 Å². The normalized spacial score (nSPS) is 15.4. The number of carbonyl (C=O) groups is 4. The van der Waals surface area contributed by atoms with E-state index in [2.05, 4.69) is 33.9 Å². The van der Waals surface area contributed by atoms with Gasteiger partial charge in [0.05, 0.1) is 17.4 Å². The Bertz CT molecular complexity index is 1990. The second-order valence-corrected chi connectivity index (χ2v) is 16.5. The maximum Gasteiger partial charge on any atom is 0.408 e. The Balaban J connectivity index is 0.00000262. The van der Waals surface area contributed by atoms with Crippen LogP contribution in [0, 0.1) is 11.3 Å². The molecule has 0 spiro atoms. The Morgan fingerprint density at radius 3 is 2.05 bits per heavy atom. The van der Waals surface area contributed by atoms with Crippen LogP contribution in [-0.2, 0) is 33.8 Å². The number of nitrogens with zero attached hydrogens (tertiary/aromatic N) is 2. The average molecular weight is 782 g/mol. The number of fused-ring (bicyclic) bond motifs is 1. The van der Waals surface area contributed by atoms with Crippen molar-refractivity contribution in [2.75, 3.05) is 48.9 Å². The summed E-state index contributed by atoms with van der Waals surface area (Å²) in [5, 5.41) is 6.29. The van der Waals surface area contributed by atoms with Gasteiger partial charge in [0.2, 0.25) is 0 Å². The number of rotatable bonds is 13. The first-order valence-electron chi connectivity index (χ1n) is 18.0. The zero-order valence-electron chi connectivity index (χ0n) is 33.6. The fourth-order valence-electron chi connectivity index (χ4n) is 5.45. The van der Waals surface area contributed by atoms with Crippen molar-refractivity contribution in [2.24, 2.45) is 11.3 Å². The lowest BCUT2D eigenvalue weighted by molar-refractivity contribution is -0.143. The third kappa shape index (κ3) is 11.8. The van der Waals surface area contributed by atoms with Crippen molar-refractivity contribution >= 4 is 61.9 Å². The Morgan fingerprint density at radius 1 is 0.891 bits per heavy atom. The van der Waals surface area contributed by atoms with Crippen LogP contribution in [0.1, 0.15) is 61.8 Å². The molecule has 3 aromatic carbocycles. The Morgan fingerprint density at radius 2 is 1.49 bits per heavy atom. The van der Waals surface area contributed by atoms with E-state index in [1.54, 1.807) is 84.0 Å². The van der Waals surface area contributed by atoms with E-state index in [4.69, 9.17) is 9.47 Å². The van der Waals surface area contributed by atoms with Crippen molar-refractivity contribution < 1.29 is 41.8 Å². The van der Waals surface area contributed by atoms with Gasteiger partial charge in [-0.3, -0.25) is 19.2 Å². The van der Waals surface area contributed by atoms with Crippen LogP contribution in [-0.4, -0.2) is 78.5 Å². The van der Waals surface area contributed by atoms with Gasteiger partial charge >= 0.3 is 18.2 Å². The molecule has 3 amide bonds. The van der Waals surface area contributed by atoms with Crippen LogP contribution in [0.2, 0.25) is 0 Å². The molecule has 0 saturated heterocycles. The third-order valence-corrected chi connectivity index (χ3v) is 9.57. The lowest BCUT2D eigenvalue weighted by atomic mass is 10.0. The standard InChI is InChI=1S/C37H47N5O9S.C3H8/c1-23(2)32(39-35(46)51-36(3,4)5)33(44)42(30-20-37(30,6)22-50-31(43)21-38-34(45)49-9)25-18-16-24(17-19-25)40-52(47,48)29-15-11-12-26-27(29)13-10-14-28(26)41(7)8;1-3-2/h10-20,23,32,40H,21-22H2,1-9H3,(H,38,45)(H,39,46);3H2,1-2H3/t32-,37?;/m0./s1. The van der Waals surface area contributed by atoms with Crippen molar-refractivity contribution in [3.8, 4) is 0 Å². The van der Waals surface area contributed by atoms with Gasteiger partial charge in [0.25, 0.3) is 15.9 Å². The molecule has 1 aliphatic rings. The average Bonchev–Trinajstić information content (AvgIpc) is 3.77. The second-order valence-electron chi connectivity index (χ2n) is 14.9. The minimum absolute atomic E-state index is 0.109. The molecule has 0 fully saturated rings. The van der Waals surface area contributed by atoms with Gasteiger partial charge in [-0.2, -0.15) is 0 Å². The van der Waals surface area contributed by atoms with Gasteiger partial charge in [0, 0.05) is 47.6 Å².